The zero-order valence-corrected chi connectivity index (χ0v) is 22.4. The van der Waals surface area contributed by atoms with Gasteiger partial charge in [0.15, 0.2) is 0 Å². The van der Waals surface area contributed by atoms with Gasteiger partial charge in [-0.15, -0.1) is 0 Å². The van der Waals surface area contributed by atoms with Crippen molar-refractivity contribution in [3.05, 3.63) is 24.3 Å². The third-order valence-electron chi connectivity index (χ3n) is 5.78. The SMILES string of the molecule is CCCCCCCCCCCC/C=C\CCC/C=C\CCC(O)(C[N+](C)(C)C)P(=O)(O)O. The quantitative estimate of drug-likeness (QED) is 0.0729. The van der Waals surface area contributed by atoms with Crippen LogP contribution in [0.15, 0.2) is 24.3 Å². The highest BCUT2D eigenvalue weighted by atomic mass is 31.2. The summed E-state index contributed by atoms with van der Waals surface area (Å²) in [6, 6.07) is 0. The van der Waals surface area contributed by atoms with Gasteiger partial charge in [-0.2, -0.15) is 0 Å². The lowest BCUT2D eigenvalue weighted by molar-refractivity contribution is -0.875. The van der Waals surface area contributed by atoms with E-state index in [9.17, 15) is 19.5 Å². The molecule has 0 aliphatic rings. The Hall–Kier alpha value is -0.450. The van der Waals surface area contributed by atoms with Crippen molar-refractivity contribution in [2.45, 2.75) is 115 Å². The Labute approximate surface area is 198 Å². The van der Waals surface area contributed by atoms with Crippen LogP contribution in [-0.4, -0.2) is 52.4 Å². The van der Waals surface area contributed by atoms with Crippen molar-refractivity contribution >= 4 is 7.60 Å². The largest absolute Gasteiger partial charge is 0.373 e. The van der Waals surface area contributed by atoms with Crippen molar-refractivity contribution in [1.29, 1.82) is 0 Å². The van der Waals surface area contributed by atoms with Gasteiger partial charge in [0.2, 0.25) is 5.34 Å². The van der Waals surface area contributed by atoms with Gasteiger partial charge in [0.05, 0.1) is 21.1 Å². The van der Waals surface area contributed by atoms with Crippen LogP contribution in [0.2, 0.25) is 0 Å². The summed E-state index contributed by atoms with van der Waals surface area (Å²) < 4.78 is 12.1. The summed E-state index contributed by atoms with van der Waals surface area (Å²) in [6.07, 6.45) is 27.1. The molecule has 0 radical (unpaired) electrons. The Morgan fingerprint density at radius 3 is 1.53 bits per heavy atom. The molecule has 0 spiro atoms. The van der Waals surface area contributed by atoms with Crippen LogP contribution in [0.25, 0.3) is 0 Å². The summed E-state index contributed by atoms with van der Waals surface area (Å²) in [5, 5.41) is 8.54. The summed E-state index contributed by atoms with van der Waals surface area (Å²) >= 11 is 0. The van der Waals surface area contributed by atoms with Crippen LogP contribution in [0.1, 0.15) is 110 Å². The van der Waals surface area contributed by atoms with Gasteiger partial charge in [-0.25, -0.2) is 0 Å². The molecule has 0 aliphatic heterocycles. The number of hydrogen-bond acceptors (Lipinski definition) is 2. The number of hydrogen-bond donors (Lipinski definition) is 3. The van der Waals surface area contributed by atoms with Gasteiger partial charge in [0.1, 0.15) is 6.54 Å². The van der Waals surface area contributed by atoms with Crippen molar-refractivity contribution in [2.24, 2.45) is 0 Å². The molecule has 5 nitrogen and oxygen atoms in total. The molecule has 0 amide bonds. The summed E-state index contributed by atoms with van der Waals surface area (Å²) in [6.45, 7) is 2.29. The van der Waals surface area contributed by atoms with Gasteiger partial charge in [0, 0.05) is 0 Å². The number of aliphatic hydroxyl groups is 1. The summed E-state index contributed by atoms with van der Waals surface area (Å²) in [5.41, 5.74) is 0. The number of unbranched alkanes of at least 4 members (excludes halogenated alkanes) is 12. The Balaban J connectivity index is 3.73. The van der Waals surface area contributed by atoms with E-state index in [0.29, 0.717) is 10.9 Å². The molecule has 0 saturated carbocycles. The van der Waals surface area contributed by atoms with Gasteiger partial charge in [-0.05, 0) is 44.9 Å². The van der Waals surface area contributed by atoms with E-state index in [0.717, 1.165) is 19.3 Å². The van der Waals surface area contributed by atoms with Crippen LogP contribution in [0.5, 0.6) is 0 Å². The van der Waals surface area contributed by atoms with Crippen molar-refractivity contribution in [3.63, 3.8) is 0 Å². The monoisotopic (exact) mass is 474 g/mol. The van der Waals surface area contributed by atoms with E-state index in [1.165, 1.54) is 70.6 Å². The van der Waals surface area contributed by atoms with E-state index in [1.54, 1.807) is 0 Å². The third-order valence-corrected chi connectivity index (χ3v) is 7.23. The Morgan fingerprint density at radius 1 is 0.688 bits per heavy atom. The van der Waals surface area contributed by atoms with Crippen LogP contribution in [-0.2, 0) is 4.57 Å². The van der Waals surface area contributed by atoms with Crippen LogP contribution < -0.4 is 0 Å². The molecule has 0 saturated heterocycles. The normalized spacial score (nSPS) is 15.1. The number of allylic oxidation sites excluding steroid dienone is 4. The van der Waals surface area contributed by atoms with Crippen LogP contribution in [0.3, 0.4) is 0 Å². The first-order chi connectivity index (χ1) is 15.0. The van der Waals surface area contributed by atoms with Crippen molar-refractivity contribution < 1.29 is 23.9 Å². The first-order valence-electron chi connectivity index (χ1n) is 12.9. The van der Waals surface area contributed by atoms with Gasteiger partial charge in [-0.3, -0.25) is 4.57 Å². The maximum absolute atomic E-state index is 11.8. The number of likely N-dealkylation sites (N-methyl/N-ethyl adjacent to an activating group) is 1. The zero-order valence-electron chi connectivity index (χ0n) is 21.5. The first-order valence-corrected chi connectivity index (χ1v) is 14.5. The number of rotatable bonds is 21. The fourth-order valence-electron chi connectivity index (χ4n) is 3.97. The number of nitrogens with zero attached hydrogens (tertiary/aromatic N) is 1. The summed E-state index contributed by atoms with van der Waals surface area (Å²) in [7, 11) is 0.879. The van der Waals surface area contributed by atoms with E-state index in [4.69, 9.17) is 0 Å². The Bertz CT molecular complexity index is 551. The van der Waals surface area contributed by atoms with E-state index in [-0.39, 0.29) is 13.0 Å². The second-order valence-electron chi connectivity index (χ2n) is 10.4. The zero-order chi connectivity index (χ0) is 24.3. The molecule has 1 unspecified atom stereocenters. The highest BCUT2D eigenvalue weighted by Gasteiger charge is 2.48. The molecule has 0 heterocycles. The maximum Gasteiger partial charge on any atom is 0.362 e. The average molecular weight is 475 g/mol. The smallest absolute Gasteiger partial charge is 0.362 e. The minimum absolute atomic E-state index is 0.0228. The average Bonchev–Trinajstić information content (AvgIpc) is 2.67. The fourth-order valence-corrected chi connectivity index (χ4v) is 4.99. The minimum atomic E-state index is -4.58. The molecule has 190 valence electrons. The first kappa shape index (κ1) is 31.6. The molecule has 6 heteroatoms. The molecular weight excluding hydrogens is 421 g/mol. The van der Waals surface area contributed by atoms with Crippen molar-refractivity contribution in [1.82, 2.24) is 0 Å². The molecule has 0 aromatic rings. The fraction of sp³-hybridized carbons (Fsp3) is 0.846. The van der Waals surface area contributed by atoms with Crippen molar-refractivity contribution in [3.8, 4) is 0 Å². The van der Waals surface area contributed by atoms with Crippen LogP contribution in [0, 0.1) is 0 Å². The topological polar surface area (TPSA) is 77.8 Å². The molecule has 0 fully saturated rings. The van der Waals surface area contributed by atoms with Crippen molar-refractivity contribution in [2.75, 3.05) is 27.7 Å². The lowest BCUT2D eigenvalue weighted by Gasteiger charge is -2.35. The van der Waals surface area contributed by atoms with Gasteiger partial charge >= 0.3 is 7.60 Å². The van der Waals surface area contributed by atoms with Gasteiger partial charge in [-0.1, -0.05) is 89.0 Å². The third kappa shape index (κ3) is 18.0. The highest BCUT2D eigenvalue weighted by Crippen LogP contribution is 2.52. The molecule has 3 N–H and O–H groups in total. The van der Waals surface area contributed by atoms with Crippen LogP contribution in [0.4, 0.5) is 0 Å². The molecule has 1 atom stereocenters. The highest BCUT2D eigenvalue weighted by molar-refractivity contribution is 7.53. The second-order valence-corrected chi connectivity index (χ2v) is 12.3. The molecule has 0 rings (SSSR count). The maximum atomic E-state index is 11.8. The van der Waals surface area contributed by atoms with E-state index in [1.807, 2.05) is 27.2 Å². The van der Waals surface area contributed by atoms with Gasteiger partial charge in [0.25, 0.3) is 0 Å². The lowest BCUT2D eigenvalue weighted by atomic mass is 10.1. The molecule has 0 aromatic heterocycles. The predicted molar refractivity (Wildman–Crippen MR) is 138 cm³/mol. The molecule has 0 aromatic carbocycles. The second kappa shape index (κ2) is 18.0. The van der Waals surface area contributed by atoms with E-state index < -0.39 is 12.9 Å². The lowest BCUT2D eigenvalue weighted by Crippen LogP contribution is -2.49. The Kier molecular flexibility index (Phi) is 17.7. The molecular formula is C26H53NO4P+. The summed E-state index contributed by atoms with van der Waals surface area (Å²) in [5.74, 6) is 0. The number of quaternary nitrogens is 1. The molecule has 0 aliphatic carbocycles. The standard InChI is InChI=1S/C26H52NO4P/c1-5-6-7-8-9-10-11-12-13-14-15-16-17-18-19-20-21-22-23-24-26(28,32(29,30)31)25-27(2,3)4/h16-17,21-22,28H,5-15,18-20,23-25H2,1-4H3,(H-,29,30,31)/p+1/b17-16-,22-21-. The Morgan fingerprint density at radius 2 is 1.09 bits per heavy atom. The van der Waals surface area contributed by atoms with E-state index >= 15 is 0 Å². The minimum Gasteiger partial charge on any atom is -0.373 e. The predicted octanol–water partition coefficient (Wildman–Crippen LogP) is 6.93. The molecule has 0 bridgehead atoms. The van der Waals surface area contributed by atoms with Gasteiger partial charge < -0.3 is 19.4 Å². The van der Waals surface area contributed by atoms with Crippen LogP contribution >= 0.6 is 7.60 Å². The molecule has 32 heavy (non-hydrogen) atoms. The summed E-state index contributed by atoms with van der Waals surface area (Å²) in [4.78, 5) is 19.1. The van der Waals surface area contributed by atoms with E-state index in [2.05, 4.69) is 25.2 Å².